The molecule has 0 saturated carbocycles. The van der Waals surface area contributed by atoms with Crippen LogP contribution in [0.3, 0.4) is 0 Å². The first-order valence-electron chi connectivity index (χ1n) is 6.33. The van der Waals surface area contributed by atoms with Crippen LogP contribution in [0, 0.1) is 5.92 Å². The number of hydrogen-bond donors (Lipinski definition) is 1. The van der Waals surface area contributed by atoms with Crippen LogP contribution in [0.1, 0.15) is 12.8 Å². The molecule has 2 aliphatic heterocycles. The van der Waals surface area contributed by atoms with Gasteiger partial charge in [-0.2, -0.15) is 0 Å². The number of hydrogen-bond acceptors (Lipinski definition) is 3. The second-order valence-corrected chi connectivity index (χ2v) is 5.00. The van der Waals surface area contributed by atoms with E-state index in [1.165, 1.54) is 32.5 Å². The molecule has 3 unspecified atom stereocenters. The Morgan fingerprint density at radius 1 is 1.31 bits per heavy atom. The van der Waals surface area contributed by atoms with Crippen molar-refractivity contribution in [2.24, 2.45) is 5.92 Å². The summed E-state index contributed by atoms with van der Waals surface area (Å²) in [4.78, 5) is 6.65. The van der Waals surface area contributed by atoms with Crippen molar-refractivity contribution in [1.82, 2.24) is 19.8 Å². The predicted molar refractivity (Wildman–Crippen MR) is 63.2 cm³/mol. The van der Waals surface area contributed by atoms with E-state index in [0.29, 0.717) is 0 Å². The molecule has 0 aliphatic carbocycles. The van der Waals surface area contributed by atoms with E-state index in [2.05, 4.69) is 19.8 Å². The van der Waals surface area contributed by atoms with Crippen LogP contribution < -0.4 is 5.32 Å². The summed E-state index contributed by atoms with van der Waals surface area (Å²) in [5.41, 5.74) is 0. The molecule has 0 spiro atoms. The number of aromatic nitrogens is 2. The van der Waals surface area contributed by atoms with Crippen molar-refractivity contribution < 1.29 is 0 Å². The van der Waals surface area contributed by atoms with Gasteiger partial charge in [0, 0.05) is 38.1 Å². The lowest BCUT2D eigenvalue weighted by Crippen LogP contribution is -2.44. The molecule has 0 aromatic carbocycles. The molecule has 0 radical (unpaired) electrons. The Hall–Kier alpha value is -0.870. The number of fused-ring (bicyclic) bond motifs is 2. The summed E-state index contributed by atoms with van der Waals surface area (Å²) in [5.74, 6) is 0.900. The largest absolute Gasteiger partial charge is 0.336 e. The van der Waals surface area contributed by atoms with Gasteiger partial charge >= 0.3 is 0 Å². The van der Waals surface area contributed by atoms with E-state index in [9.17, 15) is 0 Å². The zero-order chi connectivity index (χ0) is 10.8. The third-order valence-electron chi connectivity index (χ3n) is 3.97. The lowest BCUT2D eigenvalue weighted by molar-refractivity contribution is 0.220. The lowest BCUT2D eigenvalue weighted by Gasteiger charge is -2.31. The summed E-state index contributed by atoms with van der Waals surface area (Å²) in [6.45, 7) is 6.04. The van der Waals surface area contributed by atoms with Crippen molar-refractivity contribution in [3.63, 3.8) is 0 Å². The van der Waals surface area contributed by atoms with Crippen molar-refractivity contribution in [1.29, 1.82) is 0 Å². The number of piperidine rings is 1. The van der Waals surface area contributed by atoms with Crippen molar-refractivity contribution >= 4 is 0 Å². The number of imidazole rings is 1. The summed E-state index contributed by atoms with van der Waals surface area (Å²) < 4.78 is 2.14. The smallest absolute Gasteiger partial charge is 0.0946 e. The topological polar surface area (TPSA) is 33.1 Å². The highest BCUT2D eigenvalue weighted by Gasteiger charge is 2.33. The van der Waals surface area contributed by atoms with Gasteiger partial charge in [0.25, 0.3) is 0 Å². The maximum absolute atomic E-state index is 4.05. The number of nitrogens with zero attached hydrogens (tertiary/aromatic N) is 3. The van der Waals surface area contributed by atoms with Crippen LogP contribution in [-0.4, -0.2) is 46.7 Å². The van der Waals surface area contributed by atoms with E-state index < -0.39 is 0 Å². The molecule has 3 atom stereocenters. The van der Waals surface area contributed by atoms with Crippen LogP contribution in [0.5, 0.6) is 0 Å². The van der Waals surface area contributed by atoms with E-state index >= 15 is 0 Å². The minimum absolute atomic E-state index is 0.752. The fourth-order valence-corrected chi connectivity index (χ4v) is 3.02. The number of rotatable bonds is 4. The quantitative estimate of drug-likeness (QED) is 0.805. The molecule has 88 valence electrons. The highest BCUT2D eigenvalue weighted by molar-refractivity contribution is 4.90. The second kappa shape index (κ2) is 4.55. The predicted octanol–water partition coefficient (Wildman–Crippen LogP) is 0.567. The van der Waals surface area contributed by atoms with Crippen LogP contribution in [-0.2, 0) is 6.54 Å². The number of nitrogens with one attached hydrogen (secondary N) is 1. The van der Waals surface area contributed by atoms with Gasteiger partial charge in [0.2, 0.25) is 0 Å². The average Bonchev–Trinajstić information content (AvgIpc) is 2.92. The van der Waals surface area contributed by atoms with Crippen LogP contribution in [0.2, 0.25) is 0 Å². The van der Waals surface area contributed by atoms with Crippen molar-refractivity contribution in [3.8, 4) is 0 Å². The molecule has 3 heterocycles. The molecular weight excluding hydrogens is 200 g/mol. The average molecular weight is 220 g/mol. The minimum Gasteiger partial charge on any atom is -0.336 e. The molecule has 2 saturated heterocycles. The van der Waals surface area contributed by atoms with E-state index in [-0.39, 0.29) is 0 Å². The first-order valence-corrected chi connectivity index (χ1v) is 6.33. The molecule has 1 aromatic rings. The van der Waals surface area contributed by atoms with Crippen LogP contribution in [0.15, 0.2) is 18.7 Å². The fraction of sp³-hybridized carbons (Fsp3) is 0.750. The Bertz CT molecular complexity index is 322. The molecule has 16 heavy (non-hydrogen) atoms. The first-order chi connectivity index (χ1) is 7.92. The van der Waals surface area contributed by atoms with Gasteiger partial charge in [0.1, 0.15) is 0 Å². The van der Waals surface area contributed by atoms with Gasteiger partial charge in [-0.1, -0.05) is 0 Å². The SMILES string of the molecule is c1cn(CCNC2CCN3CCC2C3)cn1. The second-order valence-electron chi connectivity index (χ2n) is 5.00. The van der Waals surface area contributed by atoms with E-state index in [1.54, 1.807) is 0 Å². The highest BCUT2D eigenvalue weighted by atomic mass is 15.2. The van der Waals surface area contributed by atoms with Crippen molar-refractivity contribution in [2.75, 3.05) is 26.2 Å². The normalized spacial score (nSPS) is 33.1. The molecule has 4 heteroatoms. The Balaban J connectivity index is 1.45. The summed E-state index contributed by atoms with van der Waals surface area (Å²) in [6, 6.07) is 0.752. The Morgan fingerprint density at radius 3 is 3.12 bits per heavy atom. The molecule has 2 fully saturated rings. The Kier molecular flexibility index (Phi) is 2.93. The molecule has 2 bridgehead atoms. The summed E-state index contributed by atoms with van der Waals surface area (Å²) in [7, 11) is 0. The highest BCUT2D eigenvalue weighted by Crippen LogP contribution is 2.26. The molecular formula is C12H20N4. The zero-order valence-corrected chi connectivity index (χ0v) is 9.68. The monoisotopic (exact) mass is 220 g/mol. The summed E-state index contributed by atoms with van der Waals surface area (Å²) in [5, 5.41) is 3.71. The van der Waals surface area contributed by atoms with Crippen LogP contribution in [0.25, 0.3) is 0 Å². The molecule has 3 rings (SSSR count). The van der Waals surface area contributed by atoms with Crippen molar-refractivity contribution in [2.45, 2.75) is 25.4 Å². The minimum atomic E-state index is 0.752. The van der Waals surface area contributed by atoms with Crippen LogP contribution >= 0.6 is 0 Å². The van der Waals surface area contributed by atoms with Crippen molar-refractivity contribution in [3.05, 3.63) is 18.7 Å². The Labute approximate surface area is 96.7 Å². The van der Waals surface area contributed by atoms with Crippen LogP contribution in [0.4, 0.5) is 0 Å². The third-order valence-corrected chi connectivity index (χ3v) is 3.97. The first kappa shape index (κ1) is 10.3. The standard InChI is InChI=1S/C12H20N4/c1-5-15-6-2-12(11(1)9-15)14-4-8-16-7-3-13-10-16/h3,7,10-12,14H,1-2,4-6,8-9H2. The molecule has 0 amide bonds. The summed E-state index contributed by atoms with van der Waals surface area (Å²) >= 11 is 0. The molecule has 1 N–H and O–H groups in total. The molecule has 1 aromatic heterocycles. The zero-order valence-electron chi connectivity index (χ0n) is 9.68. The molecule has 2 aliphatic rings. The van der Waals surface area contributed by atoms with Gasteiger partial charge in [0.05, 0.1) is 6.33 Å². The lowest BCUT2D eigenvalue weighted by atomic mass is 9.94. The summed E-state index contributed by atoms with van der Waals surface area (Å²) in [6.07, 6.45) is 8.48. The van der Waals surface area contributed by atoms with Gasteiger partial charge < -0.3 is 14.8 Å². The van der Waals surface area contributed by atoms with Gasteiger partial charge in [-0.05, 0) is 31.8 Å². The van der Waals surface area contributed by atoms with E-state index in [4.69, 9.17) is 0 Å². The maximum atomic E-state index is 4.05. The van der Waals surface area contributed by atoms with E-state index in [1.807, 2.05) is 18.7 Å². The maximum Gasteiger partial charge on any atom is 0.0946 e. The fourth-order valence-electron chi connectivity index (χ4n) is 3.02. The molecule has 4 nitrogen and oxygen atoms in total. The Morgan fingerprint density at radius 2 is 2.25 bits per heavy atom. The third kappa shape index (κ3) is 2.13. The van der Waals surface area contributed by atoms with Gasteiger partial charge in [0.15, 0.2) is 0 Å². The van der Waals surface area contributed by atoms with Gasteiger partial charge in [-0.15, -0.1) is 0 Å². The van der Waals surface area contributed by atoms with Gasteiger partial charge in [-0.25, -0.2) is 4.98 Å². The van der Waals surface area contributed by atoms with Gasteiger partial charge in [-0.3, -0.25) is 0 Å². The van der Waals surface area contributed by atoms with E-state index in [0.717, 1.165) is 25.0 Å².